The fourth-order valence-electron chi connectivity index (χ4n) is 1.59. The van der Waals surface area contributed by atoms with E-state index in [-0.39, 0.29) is 28.8 Å². The van der Waals surface area contributed by atoms with Gasteiger partial charge in [0.05, 0.1) is 0 Å². The molecule has 0 fully saturated rings. The van der Waals surface area contributed by atoms with Crippen molar-refractivity contribution in [2.75, 3.05) is 6.54 Å². The number of aromatic carboxylic acids is 1. The molecule has 0 radical (unpaired) electrons. The Hall–Kier alpha value is -2.96. The quantitative estimate of drug-likeness (QED) is 0.868. The van der Waals surface area contributed by atoms with E-state index in [4.69, 9.17) is 9.84 Å². The number of carboxylic acid groups (broad SMARTS) is 1. The number of carbonyl (C=O) groups excluding carboxylic acids is 1. The molecule has 7 nitrogen and oxygen atoms in total. The van der Waals surface area contributed by atoms with E-state index in [1.54, 1.807) is 19.1 Å². The topological polar surface area (TPSA) is 101 Å². The zero-order valence-electron chi connectivity index (χ0n) is 11.2. The monoisotopic (exact) mass is 287 g/mol. The summed E-state index contributed by atoms with van der Waals surface area (Å²) in [6, 6.07) is 9.10. The van der Waals surface area contributed by atoms with Crippen molar-refractivity contribution in [3.05, 3.63) is 47.7 Å². The van der Waals surface area contributed by atoms with Gasteiger partial charge in [0.15, 0.2) is 5.69 Å². The number of hydrogen-bond donors (Lipinski definition) is 2. The second-order valence-electron chi connectivity index (χ2n) is 4.02. The zero-order valence-corrected chi connectivity index (χ0v) is 11.2. The summed E-state index contributed by atoms with van der Waals surface area (Å²) in [4.78, 5) is 22.6. The highest BCUT2D eigenvalue weighted by atomic mass is 16.5. The maximum Gasteiger partial charge on any atom is 0.339 e. The molecule has 1 aromatic carbocycles. The molecule has 0 saturated carbocycles. The van der Waals surface area contributed by atoms with Crippen molar-refractivity contribution in [1.82, 2.24) is 15.5 Å². The third-order valence-corrected chi connectivity index (χ3v) is 2.54. The van der Waals surface area contributed by atoms with Gasteiger partial charge in [-0.1, -0.05) is 12.1 Å². The summed E-state index contributed by atoms with van der Waals surface area (Å²) in [5, 5.41) is 19.1. The molecule has 0 spiro atoms. The van der Waals surface area contributed by atoms with Crippen LogP contribution in [0.4, 0.5) is 0 Å². The van der Waals surface area contributed by atoms with Gasteiger partial charge < -0.3 is 15.2 Å². The molecule has 7 heteroatoms. The fraction of sp³-hybridized carbons (Fsp3) is 0.143. The first-order valence-electron chi connectivity index (χ1n) is 6.24. The van der Waals surface area contributed by atoms with Gasteiger partial charge >= 0.3 is 5.97 Å². The van der Waals surface area contributed by atoms with Crippen molar-refractivity contribution in [1.29, 1.82) is 0 Å². The van der Waals surface area contributed by atoms with Crippen LogP contribution in [0.2, 0.25) is 0 Å². The first kappa shape index (κ1) is 14.4. The van der Waals surface area contributed by atoms with E-state index < -0.39 is 5.97 Å². The van der Waals surface area contributed by atoms with Crippen molar-refractivity contribution < 1.29 is 19.4 Å². The number of amides is 1. The summed E-state index contributed by atoms with van der Waals surface area (Å²) in [5.41, 5.74) is 0.183. The summed E-state index contributed by atoms with van der Waals surface area (Å²) in [5.74, 6) is -1.17. The van der Waals surface area contributed by atoms with Crippen LogP contribution in [0.3, 0.4) is 0 Å². The van der Waals surface area contributed by atoms with E-state index in [9.17, 15) is 9.59 Å². The lowest BCUT2D eigenvalue weighted by molar-refractivity contribution is 0.0694. The predicted octanol–water partition coefficient (Wildman–Crippen LogP) is 1.72. The molecule has 0 atom stereocenters. The van der Waals surface area contributed by atoms with Gasteiger partial charge in [-0.25, -0.2) is 4.79 Å². The van der Waals surface area contributed by atoms with Crippen molar-refractivity contribution in [3.63, 3.8) is 0 Å². The van der Waals surface area contributed by atoms with Crippen LogP contribution >= 0.6 is 0 Å². The highest BCUT2D eigenvalue weighted by molar-refractivity contribution is 5.92. The average Bonchev–Trinajstić information content (AvgIpc) is 2.48. The molecule has 108 valence electrons. The molecule has 1 heterocycles. The minimum atomic E-state index is -1.10. The molecule has 2 rings (SSSR count). The number of para-hydroxylation sites is 1. The maximum absolute atomic E-state index is 11.5. The molecule has 1 aromatic heterocycles. The molecule has 1 amide bonds. The second kappa shape index (κ2) is 6.47. The Balaban J connectivity index is 2.18. The van der Waals surface area contributed by atoms with E-state index in [0.29, 0.717) is 6.54 Å². The Bertz CT molecular complexity index is 656. The van der Waals surface area contributed by atoms with E-state index in [1.165, 1.54) is 24.3 Å². The third kappa shape index (κ3) is 3.53. The molecule has 0 aliphatic heterocycles. The van der Waals surface area contributed by atoms with Crippen LogP contribution in [0.15, 0.2) is 36.4 Å². The first-order valence-corrected chi connectivity index (χ1v) is 6.24. The summed E-state index contributed by atoms with van der Waals surface area (Å²) < 4.78 is 5.38. The number of carbonyl (C=O) groups is 2. The predicted molar refractivity (Wildman–Crippen MR) is 73.5 cm³/mol. The fourth-order valence-corrected chi connectivity index (χ4v) is 1.59. The molecule has 2 N–H and O–H groups in total. The number of carboxylic acids is 1. The largest absolute Gasteiger partial charge is 0.478 e. The van der Waals surface area contributed by atoms with E-state index >= 15 is 0 Å². The van der Waals surface area contributed by atoms with Gasteiger partial charge in [0.25, 0.3) is 5.91 Å². The van der Waals surface area contributed by atoms with Crippen molar-refractivity contribution in [3.8, 4) is 11.6 Å². The lowest BCUT2D eigenvalue weighted by atomic mass is 10.2. The molecule has 0 saturated heterocycles. The third-order valence-electron chi connectivity index (χ3n) is 2.54. The highest BCUT2D eigenvalue weighted by Gasteiger charge is 2.12. The molecule has 0 unspecified atom stereocenters. The van der Waals surface area contributed by atoms with Gasteiger partial charge in [0, 0.05) is 12.6 Å². The summed E-state index contributed by atoms with van der Waals surface area (Å²) in [6.45, 7) is 2.29. The lowest BCUT2D eigenvalue weighted by Gasteiger charge is -2.07. The normalized spacial score (nSPS) is 9.95. The van der Waals surface area contributed by atoms with Crippen LogP contribution < -0.4 is 10.1 Å². The summed E-state index contributed by atoms with van der Waals surface area (Å²) in [7, 11) is 0. The average molecular weight is 287 g/mol. The number of nitrogens with zero attached hydrogens (tertiary/aromatic N) is 2. The summed E-state index contributed by atoms with van der Waals surface area (Å²) in [6.07, 6.45) is 0. The molecule has 21 heavy (non-hydrogen) atoms. The molecule has 0 aliphatic carbocycles. The summed E-state index contributed by atoms with van der Waals surface area (Å²) >= 11 is 0. The SMILES string of the molecule is CCNC(=O)c1ccc(Oc2ccccc2C(=O)O)nn1. The molecular weight excluding hydrogens is 274 g/mol. The van der Waals surface area contributed by atoms with Gasteiger partial charge in [0.1, 0.15) is 11.3 Å². The van der Waals surface area contributed by atoms with Crippen molar-refractivity contribution in [2.45, 2.75) is 6.92 Å². The van der Waals surface area contributed by atoms with Crippen LogP contribution in [0.1, 0.15) is 27.8 Å². The van der Waals surface area contributed by atoms with E-state index in [2.05, 4.69) is 15.5 Å². The van der Waals surface area contributed by atoms with Crippen LogP contribution in [0.25, 0.3) is 0 Å². The van der Waals surface area contributed by atoms with E-state index in [1.807, 2.05) is 0 Å². The smallest absolute Gasteiger partial charge is 0.339 e. The second-order valence-corrected chi connectivity index (χ2v) is 4.02. The van der Waals surface area contributed by atoms with Crippen LogP contribution in [-0.2, 0) is 0 Å². The maximum atomic E-state index is 11.5. The number of hydrogen-bond acceptors (Lipinski definition) is 5. The number of aromatic nitrogens is 2. The minimum absolute atomic E-state index is 0.0205. The van der Waals surface area contributed by atoms with Crippen molar-refractivity contribution >= 4 is 11.9 Å². The van der Waals surface area contributed by atoms with Gasteiger partial charge in [-0.2, -0.15) is 0 Å². The van der Waals surface area contributed by atoms with Crippen LogP contribution in [-0.4, -0.2) is 33.7 Å². The number of benzene rings is 1. The Morgan fingerprint density at radius 3 is 2.57 bits per heavy atom. The highest BCUT2D eigenvalue weighted by Crippen LogP contribution is 2.23. The van der Waals surface area contributed by atoms with Crippen molar-refractivity contribution in [2.24, 2.45) is 0 Å². The number of rotatable bonds is 5. The van der Waals surface area contributed by atoms with Crippen LogP contribution in [0.5, 0.6) is 11.6 Å². The first-order chi connectivity index (χ1) is 10.1. The Labute approximate surface area is 120 Å². The van der Waals surface area contributed by atoms with Crippen LogP contribution in [0, 0.1) is 0 Å². The molecule has 0 bridgehead atoms. The van der Waals surface area contributed by atoms with E-state index in [0.717, 1.165) is 0 Å². The standard InChI is InChI=1S/C14H13N3O4/c1-2-15-13(18)10-7-8-12(17-16-10)21-11-6-4-3-5-9(11)14(19)20/h3-8H,2H2,1H3,(H,15,18)(H,19,20). The van der Waals surface area contributed by atoms with Gasteiger partial charge in [-0.05, 0) is 25.1 Å². The molecule has 0 aliphatic rings. The Morgan fingerprint density at radius 1 is 1.19 bits per heavy atom. The van der Waals surface area contributed by atoms with Gasteiger partial charge in [-0.3, -0.25) is 4.79 Å². The Kier molecular flexibility index (Phi) is 4.45. The minimum Gasteiger partial charge on any atom is -0.478 e. The lowest BCUT2D eigenvalue weighted by Crippen LogP contribution is -2.23. The zero-order chi connectivity index (χ0) is 15.2. The van der Waals surface area contributed by atoms with Gasteiger partial charge in [0.2, 0.25) is 5.88 Å². The van der Waals surface area contributed by atoms with Gasteiger partial charge in [-0.15, -0.1) is 10.2 Å². The molecule has 2 aromatic rings. The number of nitrogens with one attached hydrogen (secondary N) is 1. The molecular formula is C14H13N3O4. The number of ether oxygens (including phenoxy) is 1. The Morgan fingerprint density at radius 2 is 1.95 bits per heavy atom.